The fraction of sp³-hybridized carbons (Fsp3) is 0.400. The van der Waals surface area contributed by atoms with E-state index in [9.17, 15) is 14.4 Å². The highest BCUT2D eigenvalue weighted by Crippen LogP contribution is 2.51. The number of carbonyl (C=O) groups excluding carboxylic acids is 3. The second-order valence-electron chi connectivity index (χ2n) is 9.82. The molecule has 6 rings (SSSR count). The lowest BCUT2D eigenvalue weighted by Gasteiger charge is -2.27. The van der Waals surface area contributed by atoms with Crippen LogP contribution < -0.4 is 11.1 Å². The van der Waals surface area contributed by atoms with Crippen molar-refractivity contribution >= 4 is 28.6 Å². The molecule has 1 aliphatic heterocycles. The molecular formula is C25H25FN6O3. The predicted molar refractivity (Wildman–Crippen MR) is 124 cm³/mol. The summed E-state index contributed by atoms with van der Waals surface area (Å²) in [5.74, 6) is -1.02. The van der Waals surface area contributed by atoms with Gasteiger partial charge in [0.2, 0.25) is 11.8 Å². The monoisotopic (exact) mass is 476 g/mol. The lowest BCUT2D eigenvalue weighted by atomic mass is 10.1. The third-order valence-electron chi connectivity index (χ3n) is 7.45. The van der Waals surface area contributed by atoms with E-state index in [1.807, 2.05) is 6.07 Å². The summed E-state index contributed by atoms with van der Waals surface area (Å²) in [4.78, 5) is 44.3. The second kappa shape index (κ2) is 7.59. The number of hydrogen-bond donors (Lipinski definition) is 2. The molecule has 10 heteroatoms. The van der Waals surface area contributed by atoms with Crippen LogP contribution in [0.15, 0.2) is 42.6 Å². The number of fused-ring (bicyclic) bond motifs is 2. The van der Waals surface area contributed by atoms with Gasteiger partial charge in [-0.25, -0.2) is 4.39 Å². The first-order valence-corrected chi connectivity index (χ1v) is 11.7. The number of primary amides is 1. The summed E-state index contributed by atoms with van der Waals surface area (Å²) in [6, 6.07) is 9.27. The Bertz CT molecular complexity index is 1370. The third kappa shape index (κ3) is 3.55. The van der Waals surface area contributed by atoms with Gasteiger partial charge in [0.15, 0.2) is 11.4 Å². The van der Waals surface area contributed by atoms with Crippen molar-refractivity contribution in [3.8, 4) is 0 Å². The van der Waals surface area contributed by atoms with E-state index in [-0.39, 0.29) is 42.4 Å². The molecule has 5 atom stereocenters. The number of pyridine rings is 1. The number of aryl methyl sites for hydroxylation is 1. The molecule has 2 saturated carbocycles. The van der Waals surface area contributed by atoms with Gasteiger partial charge in [0.25, 0.3) is 5.91 Å². The quantitative estimate of drug-likeness (QED) is 0.559. The maximum Gasteiger partial charge on any atom is 0.269 e. The molecule has 3 aliphatic rings. The van der Waals surface area contributed by atoms with Crippen molar-refractivity contribution in [1.29, 1.82) is 0 Å². The van der Waals surface area contributed by atoms with E-state index in [0.717, 1.165) is 6.42 Å². The summed E-state index contributed by atoms with van der Waals surface area (Å²) in [6.07, 6.45) is 3.19. The summed E-state index contributed by atoms with van der Waals surface area (Å²) in [7, 11) is 0. The van der Waals surface area contributed by atoms with Gasteiger partial charge in [-0.1, -0.05) is 30.3 Å². The van der Waals surface area contributed by atoms with Gasteiger partial charge in [0, 0.05) is 23.5 Å². The number of halogens is 1. The van der Waals surface area contributed by atoms with E-state index in [0.29, 0.717) is 28.6 Å². The molecule has 2 aromatic heterocycles. The number of aromatic nitrogens is 3. The predicted octanol–water partition coefficient (Wildman–Crippen LogP) is 1.58. The van der Waals surface area contributed by atoms with Crippen LogP contribution in [-0.2, 0) is 21.8 Å². The molecule has 3 fully saturated rings. The molecule has 3 aromatic rings. The highest BCUT2D eigenvalue weighted by molar-refractivity contribution is 6.04. The Morgan fingerprint density at radius 1 is 1.23 bits per heavy atom. The lowest BCUT2D eigenvalue weighted by molar-refractivity contribution is -0.140. The molecule has 35 heavy (non-hydrogen) atoms. The van der Waals surface area contributed by atoms with E-state index in [1.54, 1.807) is 48.4 Å². The molecule has 180 valence electrons. The smallest absolute Gasteiger partial charge is 0.269 e. The number of piperidine rings is 1. The summed E-state index contributed by atoms with van der Waals surface area (Å²) in [6.45, 7) is 1.64. The highest BCUT2D eigenvalue weighted by atomic mass is 19.1. The zero-order valence-electron chi connectivity index (χ0n) is 19.1. The summed E-state index contributed by atoms with van der Waals surface area (Å²) in [5, 5.41) is 7.63. The summed E-state index contributed by atoms with van der Waals surface area (Å²) >= 11 is 0. The van der Waals surface area contributed by atoms with Gasteiger partial charge in [0.1, 0.15) is 12.6 Å². The van der Waals surface area contributed by atoms with Crippen LogP contribution in [0.4, 0.5) is 4.39 Å². The first kappa shape index (κ1) is 21.7. The zero-order valence-corrected chi connectivity index (χ0v) is 19.1. The van der Waals surface area contributed by atoms with Crippen LogP contribution >= 0.6 is 0 Å². The molecule has 3 heterocycles. The van der Waals surface area contributed by atoms with E-state index < -0.39 is 23.7 Å². The van der Waals surface area contributed by atoms with Gasteiger partial charge in [-0.05, 0) is 37.3 Å². The number of amides is 3. The van der Waals surface area contributed by atoms with Crippen molar-refractivity contribution in [1.82, 2.24) is 25.0 Å². The number of alkyl halides is 1. The Hall–Kier alpha value is -3.82. The lowest BCUT2D eigenvalue weighted by Crippen LogP contribution is -2.50. The summed E-state index contributed by atoms with van der Waals surface area (Å²) < 4.78 is 16.7. The second-order valence-corrected chi connectivity index (χ2v) is 9.82. The van der Waals surface area contributed by atoms with Crippen LogP contribution in [-0.4, -0.2) is 55.5 Å². The number of hydrogen-bond acceptors (Lipinski definition) is 5. The normalized spacial score (nSPS) is 28.6. The Morgan fingerprint density at radius 2 is 2.00 bits per heavy atom. The van der Waals surface area contributed by atoms with E-state index >= 15 is 4.39 Å². The van der Waals surface area contributed by atoms with Crippen LogP contribution in [0.3, 0.4) is 0 Å². The largest absolute Gasteiger partial charge is 0.364 e. The number of carbonyl (C=O) groups is 3. The minimum atomic E-state index is -1.57. The molecule has 0 spiro atoms. The van der Waals surface area contributed by atoms with E-state index in [4.69, 9.17) is 5.73 Å². The van der Waals surface area contributed by atoms with Gasteiger partial charge in [0.05, 0.1) is 17.8 Å². The molecule has 3 N–H and O–H groups in total. The SMILES string of the molecule is Cc1cc2c(C(N)=O)nn(CC(=O)N3C4C[C@@H]4C[C@H]3C(=O)N[C@@H]3C[C@@]3(F)c3ccccc3)c2cn1. The minimum Gasteiger partial charge on any atom is -0.364 e. The number of nitrogens with one attached hydrogen (secondary N) is 1. The van der Waals surface area contributed by atoms with Crippen molar-refractivity contribution in [2.75, 3.05) is 0 Å². The molecule has 3 amide bonds. The molecular weight excluding hydrogens is 451 g/mol. The number of benzene rings is 1. The molecule has 0 radical (unpaired) electrons. The zero-order chi connectivity index (χ0) is 24.5. The number of likely N-dealkylation sites (tertiary alicyclic amines) is 1. The Morgan fingerprint density at radius 3 is 2.74 bits per heavy atom. The van der Waals surface area contributed by atoms with Crippen molar-refractivity contribution in [3.63, 3.8) is 0 Å². The van der Waals surface area contributed by atoms with Crippen LogP contribution in [0, 0.1) is 12.8 Å². The van der Waals surface area contributed by atoms with Gasteiger partial charge < -0.3 is 16.0 Å². The van der Waals surface area contributed by atoms with E-state index in [2.05, 4.69) is 15.4 Å². The maximum atomic E-state index is 15.3. The first-order valence-electron chi connectivity index (χ1n) is 11.7. The van der Waals surface area contributed by atoms with Gasteiger partial charge in [-0.3, -0.25) is 24.0 Å². The number of nitrogens with two attached hydrogens (primary N) is 1. The van der Waals surface area contributed by atoms with Crippen LogP contribution in [0.25, 0.3) is 10.9 Å². The maximum absolute atomic E-state index is 15.3. The first-order chi connectivity index (χ1) is 16.8. The van der Waals surface area contributed by atoms with Crippen molar-refractivity contribution in [3.05, 3.63) is 59.5 Å². The van der Waals surface area contributed by atoms with Crippen LogP contribution in [0.1, 0.15) is 41.0 Å². The molecule has 1 saturated heterocycles. The fourth-order valence-corrected chi connectivity index (χ4v) is 5.44. The Labute approximate surface area is 200 Å². The van der Waals surface area contributed by atoms with Gasteiger partial charge in [-0.2, -0.15) is 5.10 Å². The van der Waals surface area contributed by atoms with Crippen molar-refractivity contribution in [2.45, 2.75) is 56.5 Å². The third-order valence-corrected chi connectivity index (χ3v) is 7.45. The molecule has 1 unspecified atom stereocenters. The molecule has 2 aliphatic carbocycles. The topological polar surface area (TPSA) is 123 Å². The van der Waals surface area contributed by atoms with Gasteiger partial charge >= 0.3 is 0 Å². The highest BCUT2D eigenvalue weighted by Gasteiger charge is 2.60. The Balaban J connectivity index is 1.20. The van der Waals surface area contributed by atoms with Crippen molar-refractivity contribution < 1.29 is 18.8 Å². The Kier molecular flexibility index (Phi) is 4.71. The van der Waals surface area contributed by atoms with Crippen LogP contribution in [0.5, 0.6) is 0 Å². The standard InChI is InChI=1S/C25H25FN6O3/c1-13-7-16-19(11-28-13)31(30-22(16)23(27)34)12-21(33)32-17-8-14(17)9-18(32)24(35)29-20-10-25(20,26)15-5-3-2-4-6-15/h2-7,11,14,17-18,20H,8-10,12H2,1H3,(H2,27,34)(H,29,35)/t14-,17?,18+,20-,25-/m1/s1. The molecule has 9 nitrogen and oxygen atoms in total. The summed E-state index contributed by atoms with van der Waals surface area (Å²) in [5.41, 5.74) is 5.76. The van der Waals surface area contributed by atoms with Crippen molar-refractivity contribution in [2.24, 2.45) is 11.7 Å². The fourth-order valence-electron chi connectivity index (χ4n) is 5.44. The average Bonchev–Trinajstić information content (AvgIpc) is 3.65. The number of nitrogens with zero attached hydrogens (tertiary/aromatic N) is 4. The average molecular weight is 477 g/mol. The molecule has 1 aromatic carbocycles. The number of rotatable bonds is 6. The van der Waals surface area contributed by atoms with Gasteiger partial charge in [-0.15, -0.1) is 0 Å². The van der Waals surface area contributed by atoms with Crippen LogP contribution in [0.2, 0.25) is 0 Å². The molecule has 0 bridgehead atoms. The van der Waals surface area contributed by atoms with E-state index in [1.165, 1.54) is 4.68 Å². The minimum absolute atomic E-state index is 0.000447.